The van der Waals surface area contributed by atoms with Crippen LogP contribution in [0.15, 0.2) is 51.9 Å². The Morgan fingerprint density at radius 2 is 1.79 bits per heavy atom. The third-order valence-electron chi connectivity index (χ3n) is 4.13. The lowest BCUT2D eigenvalue weighted by Crippen LogP contribution is -2.37. The van der Waals surface area contributed by atoms with E-state index in [1.54, 1.807) is 0 Å². The highest BCUT2D eigenvalue weighted by molar-refractivity contribution is 5.93. The molecule has 156 valence electrons. The van der Waals surface area contributed by atoms with Crippen molar-refractivity contribution in [3.63, 3.8) is 0 Å². The van der Waals surface area contributed by atoms with Crippen LogP contribution in [0.3, 0.4) is 0 Å². The number of rotatable bonds is 4. The summed E-state index contributed by atoms with van der Waals surface area (Å²) in [5.41, 5.74) is 2.69. The second-order valence-corrected chi connectivity index (χ2v) is 6.20. The van der Waals surface area contributed by atoms with Crippen molar-refractivity contribution >= 4 is 11.9 Å². The molecular formula is C19H19F3N2O5. The molecule has 0 atom stereocenters. The Morgan fingerprint density at radius 3 is 2.38 bits per heavy atom. The average molecular weight is 412 g/mol. The van der Waals surface area contributed by atoms with E-state index in [9.17, 15) is 22.8 Å². The Bertz CT molecular complexity index is 891. The maximum Gasteiger partial charge on any atom is 0.490 e. The monoisotopic (exact) mass is 412 g/mol. The van der Waals surface area contributed by atoms with E-state index in [4.69, 9.17) is 9.90 Å². The van der Waals surface area contributed by atoms with Crippen molar-refractivity contribution in [1.29, 1.82) is 0 Å². The summed E-state index contributed by atoms with van der Waals surface area (Å²) in [6.07, 6.45) is -2.84. The van der Waals surface area contributed by atoms with Crippen LogP contribution < -0.4 is 10.9 Å². The third kappa shape index (κ3) is 7.07. The average Bonchev–Trinajstić information content (AvgIpc) is 2.68. The Morgan fingerprint density at radius 1 is 1.14 bits per heavy atom. The number of carboxylic acid groups (broad SMARTS) is 1. The summed E-state index contributed by atoms with van der Waals surface area (Å²) in [5, 5.41) is 9.97. The van der Waals surface area contributed by atoms with E-state index < -0.39 is 17.8 Å². The predicted molar refractivity (Wildman–Crippen MR) is 96.4 cm³/mol. The number of nitrogens with one attached hydrogen (secondary N) is 1. The molecule has 0 aliphatic carbocycles. The summed E-state index contributed by atoms with van der Waals surface area (Å²) in [5.74, 6) is -2.98. The molecule has 7 nitrogen and oxygen atoms in total. The largest absolute Gasteiger partial charge is 0.490 e. The van der Waals surface area contributed by atoms with Gasteiger partial charge in [-0.05, 0) is 23.6 Å². The summed E-state index contributed by atoms with van der Waals surface area (Å²) in [7, 11) is 0. The van der Waals surface area contributed by atoms with E-state index in [2.05, 4.69) is 38.9 Å². The number of alkyl halides is 3. The molecule has 2 heterocycles. The molecular weight excluding hydrogens is 393 g/mol. The van der Waals surface area contributed by atoms with Gasteiger partial charge in [-0.15, -0.1) is 0 Å². The Kier molecular flexibility index (Phi) is 7.54. The molecule has 0 saturated carbocycles. The molecule has 2 N–H and O–H groups in total. The summed E-state index contributed by atoms with van der Waals surface area (Å²) < 4.78 is 36.4. The minimum Gasteiger partial charge on any atom is -0.475 e. The zero-order chi connectivity index (χ0) is 21.4. The molecule has 0 unspecified atom stereocenters. The van der Waals surface area contributed by atoms with Gasteiger partial charge >= 0.3 is 17.8 Å². The van der Waals surface area contributed by atoms with Crippen LogP contribution in [0, 0.1) is 0 Å². The number of halogens is 3. The van der Waals surface area contributed by atoms with Crippen LogP contribution in [0.25, 0.3) is 0 Å². The molecule has 0 radical (unpaired) electrons. The number of amides is 1. The number of carbonyl (C=O) groups excluding carboxylic acids is 1. The molecule has 29 heavy (non-hydrogen) atoms. The fourth-order valence-corrected chi connectivity index (χ4v) is 2.66. The summed E-state index contributed by atoms with van der Waals surface area (Å²) in [6, 6.07) is 11.2. The fourth-order valence-electron chi connectivity index (χ4n) is 2.66. The van der Waals surface area contributed by atoms with Crippen molar-refractivity contribution in [2.75, 3.05) is 19.6 Å². The number of hydrogen-bond acceptors (Lipinski definition) is 5. The maximum atomic E-state index is 11.9. The number of aliphatic carboxylic acids is 1. The van der Waals surface area contributed by atoms with Crippen LogP contribution in [0.4, 0.5) is 13.2 Å². The minimum absolute atomic E-state index is 0.221. The molecule has 0 spiro atoms. The predicted octanol–water partition coefficient (Wildman–Crippen LogP) is 2.06. The van der Waals surface area contributed by atoms with Gasteiger partial charge in [0.05, 0.1) is 5.56 Å². The highest BCUT2D eigenvalue weighted by Crippen LogP contribution is 2.17. The standard InChI is InChI=1S/C17H18N2O3.C2HF3O2/c20-16-6-5-15(12-22-16)17(21)18-8-10-19-9-7-13-3-1-2-4-14(13)11-19;3-2(4,5)1(6)7/h1-6,12H,7-11H2,(H,18,21);(H,6,7). The lowest BCUT2D eigenvalue weighted by Gasteiger charge is -2.28. The van der Waals surface area contributed by atoms with E-state index in [0.29, 0.717) is 12.1 Å². The van der Waals surface area contributed by atoms with Gasteiger partial charge < -0.3 is 14.8 Å². The van der Waals surface area contributed by atoms with Gasteiger partial charge in [0.15, 0.2) is 0 Å². The number of fused-ring (bicyclic) bond motifs is 1. The quantitative estimate of drug-likeness (QED) is 0.798. The highest BCUT2D eigenvalue weighted by Gasteiger charge is 2.38. The normalized spacial score (nSPS) is 13.6. The van der Waals surface area contributed by atoms with Gasteiger partial charge in [-0.2, -0.15) is 13.2 Å². The van der Waals surface area contributed by atoms with Crippen LogP contribution in [-0.2, 0) is 17.8 Å². The molecule has 0 bridgehead atoms. The van der Waals surface area contributed by atoms with E-state index in [-0.39, 0.29) is 5.91 Å². The molecule has 0 saturated heterocycles. The van der Waals surface area contributed by atoms with E-state index in [1.807, 2.05) is 0 Å². The Labute approximate surface area is 163 Å². The third-order valence-corrected chi connectivity index (χ3v) is 4.13. The number of carbonyl (C=O) groups is 2. The first-order chi connectivity index (χ1) is 13.7. The van der Waals surface area contributed by atoms with Crippen molar-refractivity contribution in [2.24, 2.45) is 0 Å². The maximum absolute atomic E-state index is 11.9. The number of carboxylic acids is 1. The van der Waals surface area contributed by atoms with Crippen molar-refractivity contribution in [2.45, 2.75) is 19.1 Å². The Hall–Kier alpha value is -3.14. The zero-order valence-corrected chi connectivity index (χ0v) is 15.2. The molecule has 1 aromatic carbocycles. The van der Waals surface area contributed by atoms with Crippen LogP contribution in [0.2, 0.25) is 0 Å². The van der Waals surface area contributed by atoms with E-state index in [1.165, 1.54) is 29.5 Å². The van der Waals surface area contributed by atoms with Gasteiger partial charge in [0.25, 0.3) is 5.91 Å². The summed E-state index contributed by atoms with van der Waals surface area (Å²) in [6.45, 7) is 3.30. The van der Waals surface area contributed by atoms with Gasteiger partial charge in [0.2, 0.25) is 0 Å². The molecule has 2 aromatic rings. The fraction of sp³-hybridized carbons (Fsp3) is 0.316. The van der Waals surface area contributed by atoms with Crippen molar-refractivity contribution < 1.29 is 32.3 Å². The van der Waals surface area contributed by atoms with E-state index in [0.717, 1.165) is 26.1 Å². The second-order valence-electron chi connectivity index (χ2n) is 6.20. The molecule has 1 aromatic heterocycles. The number of benzene rings is 1. The van der Waals surface area contributed by atoms with E-state index >= 15 is 0 Å². The van der Waals surface area contributed by atoms with Gasteiger partial charge in [0, 0.05) is 32.2 Å². The van der Waals surface area contributed by atoms with Gasteiger partial charge in [0.1, 0.15) is 6.26 Å². The molecule has 1 amide bonds. The first-order valence-electron chi connectivity index (χ1n) is 8.63. The number of nitrogens with zero attached hydrogens (tertiary/aromatic N) is 1. The van der Waals surface area contributed by atoms with Crippen molar-refractivity contribution in [1.82, 2.24) is 10.2 Å². The first-order valence-corrected chi connectivity index (χ1v) is 8.63. The number of hydrogen-bond donors (Lipinski definition) is 2. The highest BCUT2D eigenvalue weighted by atomic mass is 19.4. The Balaban J connectivity index is 0.000000370. The van der Waals surface area contributed by atoms with Crippen molar-refractivity contribution in [3.8, 4) is 0 Å². The van der Waals surface area contributed by atoms with Gasteiger partial charge in [-0.3, -0.25) is 9.69 Å². The smallest absolute Gasteiger partial charge is 0.475 e. The lowest BCUT2D eigenvalue weighted by molar-refractivity contribution is -0.192. The zero-order valence-electron chi connectivity index (χ0n) is 15.2. The van der Waals surface area contributed by atoms with Gasteiger partial charge in [-0.1, -0.05) is 24.3 Å². The summed E-state index contributed by atoms with van der Waals surface area (Å²) >= 11 is 0. The van der Waals surface area contributed by atoms with Crippen molar-refractivity contribution in [3.05, 3.63) is 69.8 Å². The van der Waals surface area contributed by atoms with Crippen LogP contribution in [0.5, 0.6) is 0 Å². The summed E-state index contributed by atoms with van der Waals surface area (Å²) in [4.78, 5) is 34.0. The molecule has 1 aliphatic heterocycles. The first kappa shape index (κ1) is 22.2. The van der Waals surface area contributed by atoms with Crippen LogP contribution >= 0.6 is 0 Å². The lowest BCUT2D eigenvalue weighted by atomic mass is 10.00. The molecule has 3 rings (SSSR count). The van der Waals surface area contributed by atoms with Crippen LogP contribution in [-0.4, -0.2) is 47.7 Å². The molecule has 10 heteroatoms. The molecule has 0 fully saturated rings. The second kappa shape index (κ2) is 9.87. The molecule has 1 aliphatic rings. The minimum atomic E-state index is -5.08. The van der Waals surface area contributed by atoms with Crippen LogP contribution in [0.1, 0.15) is 21.5 Å². The van der Waals surface area contributed by atoms with Gasteiger partial charge in [-0.25, -0.2) is 9.59 Å². The SMILES string of the molecule is O=C(NCCN1CCc2ccccc2C1)c1ccc(=O)oc1.O=C(O)C(F)(F)F. The topological polar surface area (TPSA) is 99.9 Å².